The van der Waals surface area contributed by atoms with E-state index in [-0.39, 0.29) is 5.97 Å². The van der Waals surface area contributed by atoms with Gasteiger partial charge in [0.15, 0.2) is 4.34 Å². The Bertz CT molecular complexity index is 397. The standard InChI is InChI=1S/C11H19N3O2S2/c1-8-13-14-10(18-8)17-7-5-6-11(2,12-3)9(15)16-4/h12H,5-7H2,1-4H3. The first-order valence-electron chi connectivity index (χ1n) is 5.72. The van der Waals surface area contributed by atoms with E-state index in [1.165, 1.54) is 7.11 Å². The van der Waals surface area contributed by atoms with Crippen LogP contribution >= 0.6 is 23.1 Å². The summed E-state index contributed by atoms with van der Waals surface area (Å²) in [6.45, 7) is 3.80. The van der Waals surface area contributed by atoms with Crippen LogP contribution in [-0.2, 0) is 9.53 Å². The normalized spacial score (nSPS) is 14.2. The van der Waals surface area contributed by atoms with Crippen LogP contribution in [0.2, 0.25) is 0 Å². The molecule has 102 valence electrons. The van der Waals surface area contributed by atoms with Crippen molar-refractivity contribution in [3.8, 4) is 0 Å². The van der Waals surface area contributed by atoms with Crippen LogP contribution in [0.5, 0.6) is 0 Å². The van der Waals surface area contributed by atoms with E-state index in [4.69, 9.17) is 4.74 Å². The summed E-state index contributed by atoms with van der Waals surface area (Å²) in [6, 6.07) is 0. The number of hydrogen-bond donors (Lipinski definition) is 1. The van der Waals surface area contributed by atoms with Crippen molar-refractivity contribution in [1.82, 2.24) is 15.5 Å². The number of nitrogens with zero attached hydrogens (tertiary/aromatic N) is 2. The maximum absolute atomic E-state index is 11.6. The van der Waals surface area contributed by atoms with Gasteiger partial charge in [-0.15, -0.1) is 10.2 Å². The van der Waals surface area contributed by atoms with E-state index >= 15 is 0 Å². The molecule has 18 heavy (non-hydrogen) atoms. The fourth-order valence-corrected chi connectivity index (χ4v) is 3.30. The number of ether oxygens (including phenoxy) is 1. The van der Waals surface area contributed by atoms with Crippen LogP contribution in [0.15, 0.2) is 4.34 Å². The molecule has 0 aliphatic rings. The lowest BCUT2D eigenvalue weighted by molar-refractivity contribution is -0.148. The molecular weight excluding hydrogens is 270 g/mol. The Balaban J connectivity index is 2.34. The Labute approximate surface area is 116 Å². The van der Waals surface area contributed by atoms with E-state index in [1.807, 2.05) is 13.8 Å². The SMILES string of the molecule is CNC(C)(CCCSc1nnc(C)s1)C(=O)OC. The van der Waals surface area contributed by atoms with Crippen LogP contribution < -0.4 is 5.32 Å². The Kier molecular flexibility index (Phi) is 6.04. The van der Waals surface area contributed by atoms with Gasteiger partial charge in [0.25, 0.3) is 0 Å². The number of aryl methyl sites for hydroxylation is 1. The van der Waals surface area contributed by atoms with Gasteiger partial charge in [-0.25, -0.2) is 0 Å². The number of nitrogens with one attached hydrogen (secondary N) is 1. The third-order valence-corrected chi connectivity index (χ3v) is 4.80. The predicted molar refractivity (Wildman–Crippen MR) is 74.1 cm³/mol. The molecule has 7 heteroatoms. The number of likely N-dealkylation sites (N-methyl/N-ethyl adjacent to an activating group) is 1. The van der Waals surface area contributed by atoms with Gasteiger partial charge < -0.3 is 10.1 Å². The van der Waals surface area contributed by atoms with Crippen molar-refractivity contribution in [1.29, 1.82) is 0 Å². The van der Waals surface area contributed by atoms with Crippen LogP contribution in [0, 0.1) is 6.92 Å². The number of carbonyl (C=O) groups is 1. The molecule has 0 spiro atoms. The summed E-state index contributed by atoms with van der Waals surface area (Å²) in [5.74, 6) is 0.699. The van der Waals surface area contributed by atoms with Crippen molar-refractivity contribution in [2.75, 3.05) is 19.9 Å². The molecule has 1 aromatic rings. The molecule has 0 amide bonds. The van der Waals surface area contributed by atoms with Crippen molar-refractivity contribution in [3.05, 3.63) is 5.01 Å². The Morgan fingerprint density at radius 1 is 1.56 bits per heavy atom. The highest BCUT2D eigenvalue weighted by atomic mass is 32.2. The van der Waals surface area contributed by atoms with E-state index < -0.39 is 5.54 Å². The molecule has 0 fully saturated rings. The van der Waals surface area contributed by atoms with Crippen molar-refractivity contribution in [2.45, 2.75) is 36.6 Å². The van der Waals surface area contributed by atoms with Crippen LogP contribution in [0.4, 0.5) is 0 Å². The second-order valence-electron chi connectivity index (χ2n) is 4.11. The Hall–Kier alpha value is -0.660. The first-order chi connectivity index (χ1) is 8.51. The summed E-state index contributed by atoms with van der Waals surface area (Å²) in [6.07, 6.45) is 1.65. The van der Waals surface area contributed by atoms with Crippen LogP contribution in [0.25, 0.3) is 0 Å². The first kappa shape index (κ1) is 15.4. The zero-order chi connectivity index (χ0) is 13.6. The highest BCUT2D eigenvalue weighted by Gasteiger charge is 2.31. The summed E-state index contributed by atoms with van der Waals surface area (Å²) in [4.78, 5) is 11.6. The first-order valence-corrected chi connectivity index (χ1v) is 7.52. The number of carbonyl (C=O) groups excluding carboxylic acids is 1. The fraction of sp³-hybridized carbons (Fsp3) is 0.727. The molecule has 0 aliphatic heterocycles. The van der Waals surface area contributed by atoms with E-state index in [1.54, 1.807) is 30.1 Å². The summed E-state index contributed by atoms with van der Waals surface area (Å²) in [5.41, 5.74) is -0.605. The Morgan fingerprint density at radius 3 is 2.78 bits per heavy atom. The van der Waals surface area contributed by atoms with Crippen molar-refractivity contribution in [3.63, 3.8) is 0 Å². The summed E-state index contributed by atoms with van der Waals surface area (Å²) < 4.78 is 5.78. The predicted octanol–water partition coefficient (Wildman–Crippen LogP) is 1.87. The van der Waals surface area contributed by atoms with Gasteiger partial charge in [-0.2, -0.15) is 0 Å². The molecular formula is C11H19N3O2S2. The number of hydrogen-bond acceptors (Lipinski definition) is 7. The summed E-state index contributed by atoms with van der Waals surface area (Å²) in [5, 5.41) is 12.0. The van der Waals surface area contributed by atoms with Crippen LogP contribution in [-0.4, -0.2) is 41.6 Å². The van der Waals surface area contributed by atoms with Crippen LogP contribution in [0.1, 0.15) is 24.8 Å². The van der Waals surface area contributed by atoms with Gasteiger partial charge in [0.05, 0.1) is 7.11 Å². The number of esters is 1. The lowest BCUT2D eigenvalue weighted by atomic mass is 9.97. The van der Waals surface area contributed by atoms with Gasteiger partial charge in [0.2, 0.25) is 0 Å². The van der Waals surface area contributed by atoms with Crippen LogP contribution in [0.3, 0.4) is 0 Å². The van der Waals surface area contributed by atoms with Crippen molar-refractivity contribution >= 4 is 29.1 Å². The Morgan fingerprint density at radius 2 is 2.28 bits per heavy atom. The maximum Gasteiger partial charge on any atom is 0.325 e. The highest BCUT2D eigenvalue weighted by Crippen LogP contribution is 2.24. The summed E-state index contributed by atoms with van der Waals surface area (Å²) >= 11 is 3.27. The summed E-state index contributed by atoms with van der Waals surface area (Å²) in [7, 11) is 3.19. The average Bonchev–Trinajstić information content (AvgIpc) is 2.79. The van der Waals surface area contributed by atoms with Gasteiger partial charge in [0, 0.05) is 5.75 Å². The minimum absolute atomic E-state index is 0.221. The third kappa shape index (κ3) is 4.22. The van der Waals surface area contributed by atoms with Gasteiger partial charge in [0.1, 0.15) is 10.5 Å². The molecule has 1 rings (SSSR count). The van der Waals surface area contributed by atoms with E-state index in [2.05, 4.69) is 15.5 Å². The fourth-order valence-electron chi connectivity index (χ4n) is 1.48. The van der Waals surface area contributed by atoms with Crippen molar-refractivity contribution in [2.24, 2.45) is 0 Å². The highest BCUT2D eigenvalue weighted by molar-refractivity contribution is 8.01. The number of thioether (sulfide) groups is 1. The molecule has 0 saturated carbocycles. The number of methoxy groups -OCH3 is 1. The average molecular weight is 289 g/mol. The molecule has 0 saturated heterocycles. The van der Waals surface area contributed by atoms with E-state index in [9.17, 15) is 4.79 Å². The smallest absolute Gasteiger partial charge is 0.325 e. The molecule has 0 aromatic carbocycles. The zero-order valence-electron chi connectivity index (χ0n) is 11.1. The van der Waals surface area contributed by atoms with Crippen molar-refractivity contribution < 1.29 is 9.53 Å². The van der Waals surface area contributed by atoms with Gasteiger partial charge in [-0.05, 0) is 33.7 Å². The molecule has 1 heterocycles. The molecule has 0 bridgehead atoms. The van der Waals surface area contributed by atoms with E-state index in [0.29, 0.717) is 0 Å². The van der Waals surface area contributed by atoms with E-state index in [0.717, 1.165) is 27.9 Å². The second kappa shape index (κ2) is 7.06. The third-order valence-electron chi connectivity index (χ3n) is 2.74. The monoisotopic (exact) mass is 289 g/mol. The minimum Gasteiger partial charge on any atom is -0.468 e. The van der Waals surface area contributed by atoms with Gasteiger partial charge >= 0.3 is 5.97 Å². The molecule has 0 aliphatic carbocycles. The molecule has 1 N–H and O–H groups in total. The molecule has 1 aromatic heterocycles. The topological polar surface area (TPSA) is 64.1 Å². The molecule has 5 nitrogen and oxygen atoms in total. The largest absolute Gasteiger partial charge is 0.468 e. The maximum atomic E-state index is 11.6. The van der Waals surface area contributed by atoms with Gasteiger partial charge in [-0.1, -0.05) is 23.1 Å². The minimum atomic E-state index is -0.605. The number of aromatic nitrogens is 2. The zero-order valence-corrected chi connectivity index (χ0v) is 12.8. The quantitative estimate of drug-likeness (QED) is 0.470. The number of rotatable bonds is 7. The molecule has 0 radical (unpaired) electrons. The second-order valence-corrected chi connectivity index (χ2v) is 6.64. The lowest BCUT2D eigenvalue weighted by Crippen LogP contribution is -2.48. The molecule has 1 atom stereocenters. The molecule has 1 unspecified atom stereocenters. The van der Waals surface area contributed by atoms with Gasteiger partial charge in [-0.3, -0.25) is 4.79 Å². The lowest BCUT2D eigenvalue weighted by Gasteiger charge is -2.25.